The molecule has 1 N–H and O–H groups in total. The first kappa shape index (κ1) is 17.0. The number of hydrogen-bond acceptors (Lipinski definition) is 5. The number of amides is 1. The third kappa shape index (κ3) is 3.20. The number of thiophene rings is 1. The van der Waals surface area contributed by atoms with Gasteiger partial charge in [0.2, 0.25) is 5.91 Å². The largest absolute Gasteiger partial charge is 0.355 e. The number of carbonyl (C=O) groups excluding carboxylic acids is 1. The van der Waals surface area contributed by atoms with Gasteiger partial charge in [-0.05, 0) is 32.8 Å². The number of carbonyl (C=O) groups is 1. The van der Waals surface area contributed by atoms with Crippen molar-refractivity contribution in [2.24, 2.45) is 7.05 Å². The molecule has 2 aromatic rings. The SMILES string of the molecule is CCCNC(=O)C(C)Sc1nc2sc(C)c(C)c2c(=O)n1C. The molecule has 0 aliphatic rings. The van der Waals surface area contributed by atoms with E-state index in [1.54, 1.807) is 7.05 Å². The monoisotopic (exact) mass is 339 g/mol. The summed E-state index contributed by atoms with van der Waals surface area (Å²) < 4.78 is 1.54. The highest BCUT2D eigenvalue weighted by Gasteiger charge is 2.19. The second-order valence-corrected chi connectivity index (χ2v) is 7.78. The minimum absolute atomic E-state index is 0.0280. The van der Waals surface area contributed by atoms with Crippen LogP contribution in [0.5, 0.6) is 0 Å². The standard InChI is InChI=1S/C15H21N3O2S2/c1-6-7-16-12(19)10(4)22-15-17-13-11(14(20)18(15)5)8(2)9(3)21-13/h10H,6-7H2,1-5H3,(H,16,19). The summed E-state index contributed by atoms with van der Waals surface area (Å²) in [5.41, 5.74) is 0.953. The lowest BCUT2D eigenvalue weighted by atomic mass is 10.2. The van der Waals surface area contributed by atoms with Crippen molar-refractivity contribution >= 4 is 39.2 Å². The molecule has 2 rings (SSSR count). The Kier molecular flexibility index (Phi) is 5.28. The van der Waals surface area contributed by atoms with Crippen molar-refractivity contribution in [2.75, 3.05) is 6.54 Å². The molecular weight excluding hydrogens is 318 g/mol. The highest BCUT2D eigenvalue weighted by molar-refractivity contribution is 8.00. The van der Waals surface area contributed by atoms with Gasteiger partial charge in [-0.25, -0.2) is 4.98 Å². The Morgan fingerprint density at radius 2 is 2.14 bits per heavy atom. The molecule has 0 aliphatic carbocycles. The maximum atomic E-state index is 12.5. The second-order valence-electron chi connectivity index (χ2n) is 5.27. The predicted molar refractivity (Wildman–Crippen MR) is 93.0 cm³/mol. The molecule has 1 atom stereocenters. The quantitative estimate of drug-likeness (QED) is 0.672. The van der Waals surface area contributed by atoms with E-state index in [-0.39, 0.29) is 16.7 Å². The number of aromatic nitrogens is 2. The molecule has 0 aromatic carbocycles. The molecule has 7 heteroatoms. The summed E-state index contributed by atoms with van der Waals surface area (Å²) >= 11 is 2.85. The normalized spacial score (nSPS) is 12.6. The van der Waals surface area contributed by atoms with Crippen LogP contribution in [0.15, 0.2) is 9.95 Å². The Morgan fingerprint density at radius 3 is 2.77 bits per heavy atom. The summed E-state index contributed by atoms with van der Waals surface area (Å²) in [4.78, 5) is 30.9. The number of rotatable bonds is 5. The van der Waals surface area contributed by atoms with Crippen LogP contribution in [0.2, 0.25) is 0 Å². The van der Waals surface area contributed by atoms with Gasteiger partial charge in [0.05, 0.1) is 10.6 Å². The first-order chi connectivity index (χ1) is 10.4. The molecular formula is C15H21N3O2S2. The highest BCUT2D eigenvalue weighted by Crippen LogP contribution is 2.29. The molecule has 0 spiro atoms. The molecule has 2 aromatic heterocycles. The van der Waals surface area contributed by atoms with Crippen LogP contribution in [0.3, 0.4) is 0 Å². The highest BCUT2D eigenvalue weighted by atomic mass is 32.2. The van der Waals surface area contributed by atoms with Gasteiger partial charge in [0.15, 0.2) is 5.16 Å². The number of fused-ring (bicyclic) bond motifs is 1. The van der Waals surface area contributed by atoms with Gasteiger partial charge in [-0.3, -0.25) is 14.2 Å². The first-order valence-corrected chi connectivity index (χ1v) is 8.97. The van der Waals surface area contributed by atoms with Crippen molar-refractivity contribution < 1.29 is 4.79 Å². The minimum Gasteiger partial charge on any atom is -0.355 e. The number of thioether (sulfide) groups is 1. The molecule has 0 bridgehead atoms. The van der Waals surface area contributed by atoms with Crippen LogP contribution in [0.1, 0.15) is 30.7 Å². The summed E-state index contributed by atoms with van der Waals surface area (Å²) in [6.07, 6.45) is 0.902. The van der Waals surface area contributed by atoms with Gasteiger partial charge < -0.3 is 5.32 Å². The van der Waals surface area contributed by atoms with E-state index in [0.717, 1.165) is 21.7 Å². The van der Waals surface area contributed by atoms with Crippen molar-refractivity contribution in [3.8, 4) is 0 Å². The zero-order valence-electron chi connectivity index (χ0n) is 13.5. The van der Waals surface area contributed by atoms with Gasteiger partial charge in [0.25, 0.3) is 5.56 Å². The lowest BCUT2D eigenvalue weighted by Crippen LogP contribution is -2.32. The summed E-state index contributed by atoms with van der Waals surface area (Å²) in [5, 5.41) is 3.85. The minimum atomic E-state index is -0.288. The van der Waals surface area contributed by atoms with Crippen molar-refractivity contribution in [3.63, 3.8) is 0 Å². The molecule has 5 nitrogen and oxygen atoms in total. The van der Waals surface area contributed by atoms with Crippen molar-refractivity contribution in [1.29, 1.82) is 0 Å². The molecule has 0 saturated heterocycles. The molecule has 120 valence electrons. The third-order valence-corrected chi connectivity index (χ3v) is 5.81. The van der Waals surface area contributed by atoms with E-state index in [0.29, 0.717) is 17.1 Å². The van der Waals surface area contributed by atoms with E-state index < -0.39 is 0 Å². The van der Waals surface area contributed by atoms with Gasteiger partial charge in [0.1, 0.15) is 4.83 Å². The number of nitrogens with one attached hydrogen (secondary N) is 1. The average Bonchev–Trinajstić information content (AvgIpc) is 2.76. The van der Waals surface area contributed by atoms with Crippen LogP contribution < -0.4 is 10.9 Å². The Labute approximate surface area is 138 Å². The van der Waals surface area contributed by atoms with Crippen LogP contribution in [0.4, 0.5) is 0 Å². The molecule has 0 saturated carbocycles. The number of hydrogen-bond donors (Lipinski definition) is 1. The van der Waals surface area contributed by atoms with Crippen molar-refractivity contribution in [2.45, 2.75) is 44.5 Å². The van der Waals surface area contributed by atoms with E-state index in [2.05, 4.69) is 10.3 Å². The Hall–Kier alpha value is -1.34. The Balaban J connectivity index is 2.34. The number of aryl methyl sites for hydroxylation is 2. The fourth-order valence-electron chi connectivity index (χ4n) is 2.07. The average molecular weight is 339 g/mol. The molecule has 1 unspecified atom stereocenters. The van der Waals surface area contributed by atoms with Gasteiger partial charge in [-0.15, -0.1) is 11.3 Å². The molecule has 1 amide bonds. The lowest BCUT2D eigenvalue weighted by Gasteiger charge is -2.13. The third-order valence-electron chi connectivity index (χ3n) is 3.57. The van der Waals surface area contributed by atoms with Crippen LogP contribution in [-0.4, -0.2) is 27.3 Å². The van der Waals surface area contributed by atoms with Crippen LogP contribution in [0, 0.1) is 13.8 Å². The summed E-state index contributed by atoms with van der Waals surface area (Å²) in [5.74, 6) is -0.0280. The fraction of sp³-hybridized carbons (Fsp3) is 0.533. The summed E-state index contributed by atoms with van der Waals surface area (Å²) in [7, 11) is 1.71. The Morgan fingerprint density at radius 1 is 1.45 bits per heavy atom. The van der Waals surface area contributed by atoms with Crippen LogP contribution >= 0.6 is 23.1 Å². The fourth-order valence-corrected chi connectivity index (χ4v) is 4.03. The van der Waals surface area contributed by atoms with E-state index >= 15 is 0 Å². The van der Waals surface area contributed by atoms with E-state index in [1.807, 2.05) is 27.7 Å². The topological polar surface area (TPSA) is 64.0 Å². The Bertz CT molecular complexity index is 764. The molecule has 0 aliphatic heterocycles. The molecule has 22 heavy (non-hydrogen) atoms. The maximum Gasteiger partial charge on any atom is 0.262 e. The molecule has 0 fully saturated rings. The van der Waals surface area contributed by atoms with Gasteiger partial charge in [-0.1, -0.05) is 18.7 Å². The zero-order valence-corrected chi connectivity index (χ0v) is 15.2. The zero-order chi connectivity index (χ0) is 16.4. The van der Waals surface area contributed by atoms with Crippen LogP contribution in [0.25, 0.3) is 10.2 Å². The molecule has 2 heterocycles. The van der Waals surface area contributed by atoms with E-state index in [1.165, 1.54) is 27.7 Å². The smallest absolute Gasteiger partial charge is 0.262 e. The predicted octanol–water partition coefficient (Wildman–Crippen LogP) is 2.62. The van der Waals surface area contributed by atoms with Crippen molar-refractivity contribution in [1.82, 2.24) is 14.9 Å². The molecule has 0 radical (unpaired) electrons. The van der Waals surface area contributed by atoms with Gasteiger partial charge >= 0.3 is 0 Å². The summed E-state index contributed by atoms with van der Waals surface area (Å²) in [6.45, 7) is 8.45. The maximum absolute atomic E-state index is 12.5. The van der Waals surface area contributed by atoms with Crippen LogP contribution in [-0.2, 0) is 11.8 Å². The number of nitrogens with zero attached hydrogens (tertiary/aromatic N) is 2. The van der Waals surface area contributed by atoms with E-state index in [4.69, 9.17) is 0 Å². The lowest BCUT2D eigenvalue weighted by molar-refractivity contribution is -0.120. The first-order valence-electron chi connectivity index (χ1n) is 7.27. The second kappa shape index (κ2) is 6.83. The van der Waals surface area contributed by atoms with E-state index in [9.17, 15) is 9.59 Å². The van der Waals surface area contributed by atoms with Gasteiger partial charge in [-0.2, -0.15) is 0 Å². The van der Waals surface area contributed by atoms with Gasteiger partial charge in [0, 0.05) is 18.5 Å². The summed E-state index contributed by atoms with van der Waals surface area (Å²) in [6, 6.07) is 0. The van der Waals surface area contributed by atoms with Crippen molar-refractivity contribution in [3.05, 3.63) is 20.8 Å².